The van der Waals surface area contributed by atoms with Crippen LogP contribution >= 0.6 is 0 Å². The monoisotopic (exact) mass is 424 g/mol. The third-order valence-electron chi connectivity index (χ3n) is 5.45. The lowest BCUT2D eigenvalue weighted by molar-refractivity contribution is 0.100. The first-order chi connectivity index (χ1) is 15.0. The largest absolute Gasteiger partial charge is 0.365 e. The lowest BCUT2D eigenvalue weighted by Crippen LogP contribution is -2.45. The van der Waals surface area contributed by atoms with Gasteiger partial charge in [0.25, 0.3) is 5.91 Å². The topological polar surface area (TPSA) is 123 Å². The minimum absolute atomic E-state index is 0.0330. The summed E-state index contributed by atoms with van der Waals surface area (Å²) in [7, 11) is 1.90. The number of primary amides is 1. The molecule has 2 unspecified atom stereocenters. The zero-order chi connectivity index (χ0) is 21.8. The number of nitrogens with two attached hydrogens (primary N) is 1. The van der Waals surface area contributed by atoms with Gasteiger partial charge in [0.2, 0.25) is 0 Å². The van der Waals surface area contributed by atoms with Crippen molar-refractivity contribution in [2.24, 2.45) is 5.73 Å². The van der Waals surface area contributed by atoms with Crippen molar-refractivity contribution in [3.8, 4) is 5.82 Å². The number of hydrogen-bond donors (Lipinski definition) is 4. The zero-order valence-electron chi connectivity index (χ0n) is 17.2. The lowest BCUT2D eigenvalue weighted by Gasteiger charge is -2.32. The van der Waals surface area contributed by atoms with Crippen molar-refractivity contribution in [3.05, 3.63) is 54.2 Å². The van der Waals surface area contributed by atoms with Crippen LogP contribution < -0.4 is 21.7 Å². The number of carbonyl (C=O) groups excluding carboxylic acids is 1. The summed E-state index contributed by atoms with van der Waals surface area (Å²) < 4.78 is 16.4. The third-order valence-corrected chi connectivity index (χ3v) is 5.45. The standard InChI is InChI=1S/C21H25FN8O/c1-24-16-5-2-3-6-17(16)28-21-15(22)12-14(19(23)31)20(29-21)27-13-7-9-25-18(11-13)30-10-4-8-26-30/h4,7-12,16-17,24H,2-3,5-6H2,1H3,(H2,23,31)(H2,25,27,28,29). The molecule has 0 aromatic carbocycles. The second-order valence-corrected chi connectivity index (χ2v) is 7.49. The Bertz CT molecular complexity index is 1060. The Morgan fingerprint density at radius 3 is 2.71 bits per heavy atom. The van der Waals surface area contributed by atoms with Crippen molar-refractivity contribution in [2.75, 3.05) is 17.7 Å². The minimum atomic E-state index is -0.771. The predicted molar refractivity (Wildman–Crippen MR) is 116 cm³/mol. The molecule has 1 fully saturated rings. The van der Waals surface area contributed by atoms with Crippen molar-refractivity contribution in [2.45, 2.75) is 37.8 Å². The van der Waals surface area contributed by atoms with E-state index >= 15 is 0 Å². The van der Waals surface area contributed by atoms with Gasteiger partial charge in [0.1, 0.15) is 5.82 Å². The summed E-state index contributed by atoms with van der Waals surface area (Å²) in [5, 5.41) is 13.7. The quantitative estimate of drug-likeness (QED) is 0.460. The Balaban J connectivity index is 1.64. The van der Waals surface area contributed by atoms with Crippen molar-refractivity contribution in [3.63, 3.8) is 0 Å². The summed E-state index contributed by atoms with van der Waals surface area (Å²) >= 11 is 0. The molecule has 3 aromatic heterocycles. The Morgan fingerprint density at radius 2 is 2.00 bits per heavy atom. The first kappa shape index (κ1) is 20.7. The molecule has 1 saturated carbocycles. The molecule has 10 heteroatoms. The van der Waals surface area contributed by atoms with Crippen LogP contribution in [0.5, 0.6) is 0 Å². The van der Waals surface area contributed by atoms with Crippen LogP contribution in [0.3, 0.4) is 0 Å². The van der Waals surface area contributed by atoms with E-state index in [2.05, 4.69) is 31.0 Å². The van der Waals surface area contributed by atoms with Gasteiger partial charge >= 0.3 is 0 Å². The number of halogens is 1. The van der Waals surface area contributed by atoms with Gasteiger partial charge in [-0.15, -0.1) is 0 Å². The van der Waals surface area contributed by atoms with Gasteiger partial charge in [0.05, 0.1) is 5.56 Å². The van der Waals surface area contributed by atoms with Crippen molar-refractivity contribution in [1.82, 2.24) is 25.1 Å². The molecule has 0 spiro atoms. The maximum Gasteiger partial charge on any atom is 0.252 e. The summed E-state index contributed by atoms with van der Waals surface area (Å²) in [6.45, 7) is 0. The molecule has 162 valence electrons. The Labute approximate surface area is 179 Å². The summed E-state index contributed by atoms with van der Waals surface area (Å²) in [5.74, 6) is -0.554. The molecule has 2 atom stereocenters. The molecule has 0 bridgehead atoms. The number of nitrogens with one attached hydrogen (secondary N) is 3. The normalized spacial score (nSPS) is 18.5. The van der Waals surface area contributed by atoms with E-state index in [0.29, 0.717) is 11.5 Å². The molecule has 1 amide bonds. The fourth-order valence-electron chi connectivity index (χ4n) is 3.86. The van der Waals surface area contributed by atoms with Crippen molar-refractivity contribution < 1.29 is 9.18 Å². The summed E-state index contributed by atoms with van der Waals surface area (Å²) in [5.41, 5.74) is 6.06. The highest BCUT2D eigenvalue weighted by Gasteiger charge is 2.26. The molecule has 3 aromatic rings. The van der Waals surface area contributed by atoms with E-state index in [1.165, 1.54) is 0 Å². The highest BCUT2D eigenvalue weighted by atomic mass is 19.1. The van der Waals surface area contributed by atoms with Gasteiger partial charge in [-0.3, -0.25) is 4.79 Å². The van der Waals surface area contributed by atoms with E-state index in [0.717, 1.165) is 31.7 Å². The molecule has 0 aliphatic heterocycles. The van der Waals surface area contributed by atoms with Crippen LogP contribution in [-0.2, 0) is 0 Å². The number of nitrogens with zero attached hydrogens (tertiary/aromatic N) is 4. The summed E-state index contributed by atoms with van der Waals surface area (Å²) in [6.07, 6.45) is 9.13. The highest BCUT2D eigenvalue weighted by molar-refractivity contribution is 5.98. The van der Waals surface area contributed by atoms with Crippen molar-refractivity contribution >= 4 is 23.2 Å². The molecular formula is C21H25FN8O. The van der Waals surface area contributed by atoms with Gasteiger partial charge in [-0.2, -0.15) is 5.10 Å². The number of likely N-dealkylation sites (N-methyl/N-ethyl adjacent to an activating group) is 1. The summed E-state index contributed by atoms with van der Waals surface area (Å²) in [6, 6.07) is 6.63. The molecule has 31 heavy (non-hydrogen) atoms. The first-order valence-corrected chi connectivity index (χ1v) is 10.2. The third kappa shape index (κ3) is 4.64. The second-order valence-electron chi connectivity index (χ2n) is 7.49. The smallest absolute Gasteiger partial charge is 0.252 e. The maximum atomic E-state index is 14.8. The SMILES string of the molecule is CNC1CCCCC1Nc1nc(Nc2ccnc(-n3cccn3)c2)c(C(N)=O)cc1F. The van der Waals surface area contributed by atoms with E-state index < -0.39 is 11.7 Å². The molecule has 5 N–H and O–H groups in total. The second kappa shape index (κ2) is 9.09. The average Bonchev–Trinajstić information content (AvgIpc) is 3.31. The molecule has 9 nitrogen and oxygen atoms in total. The van der Waals surface area contributed by atoms with E-state index in [1.807, 2.05) is 7.05 Å². The molecular weight excluding hydrogens is 399 g/mol. The molecule has 0 saturated heterocycles. The van der Waals surface area contributed by atoms with Crippen LogP contribution in [0.1, 0.15) is 36.0 Å². The minimum Gasteiger partial charge on any atom is -0.365 e. The number of amides is 1. The van der Waals surface area contributed by atoms with Gasteiger partial charge in [0, 0.05) is 42.4 Å². The Kier molecular flexibility index (Phi) is 6.08. The number of anilines is 3. The number of rotatable bonds is 7. The summed E-state index contributed by atoms with van der Waals surface area (Å²) in [4.78, 5) is 20.6. The van der Waals surface area contributed by atoms with Gasteiger partial charge in [0.15, 0.2) is 17.5 Å². The molecule has 3 heterocycles. The fraction of sp³-hybridized carbons (Fsp3) is 0.333. The molecule has 4 rings (SSSR count). The van der Waals surface area contributed by atoms with E-state index in [9.17, 15) is 9.18 Å². The van der Waals surface area contributed by atoms with Crippen LogP contribution in [0, 0.1) is 5.82 Å². The number of aromatic nitrogens is 4. The lowest BCUT2D eigenvalue weighted by atomic mass is 9.90. The van der Waals surface area contributed by atoms with Gasteiger partial charge in [-0.1, -0.05) is 12.8 Å². The number of pyridine rings is 2. The molecule has 1 aliphatic rings. The number of carbonyl (C=O) groups is 1. The van der Waals surface area contributed by atoms with Crippen molar-refractivity contribution in [1.29, 1.82) is 0 Å². The Hall–Kier alpha value is -3.53. The Morgan fingerprint density at radius 1 is 1.19 bits per heavy atom. The van der Waals surface area contributed by atoms with Crippen LogP contribution in [0.15, 0.2) is 42.9 Å². The van der Waals surface area contributed by atoms with E-state index in [1.54, 1.807) is 41.5 Å². The van der Waals surface area contributed by atoms with Crippen LogP contribution in [0.25, 0.3) is 5.82 Å². The fourth-order valence-corrected chi connectivity index (χ4v) is 3.86. The van der Waals surface area contributed by atoms with E-state index in [4.69, 9.17) is 5.73 Å². The van der Waals surface area contributed by atoms with Gasteiger partial charge in [-0.05, 0) is 38.1 Å². The van der Waals surface area contributed by atoms with Crippen LogP contribution in [0.4, 0.5) is 21.7 Å². The van der Waals surface area contributed by atoms with Gasteiger partial charge < -0.3 is 21.7 Å². The number of hydrogen-bond acceptors (Lipinski definition) is 7. The highest BCUT2D eigenvalue weighted by Crippen LogP contribution is 2.27. The maximum absolute atomic E-state index is 14.8. The van der Waals surface area contributed by atoms with Crippen LogP contribution in [-0.4, -0.2) is 44.8 Å². The zero-order valence-corrected chi connectivity index (χ0v) is 17.2. The van der Waals surface area contributed by atoms with Gasteiger partial charge in [-0.25, -0.2) is 19.0 Å². The van der Waals surface area contributed by atoms with Crippen LogP contribution in [0.2, 0.25) is 0 Å². The molecule has 0 radical (unpaired) electrons. The molecule has 1 aliphatic carbocycles. The first-order valence-electron chi connectivity index (χ1n) is 10.2. The predicted octanol–water partition coefficient (Wildman–Crippen LogP) is 2.59. The van der Waals surface area contributed by atoms with E-state index in [-0.39, 0.29) is 29.3 Å². The average molecular weight is 424 g/mol.